The lowest BCUT2D eigenvalue weighted by Gasteiger charge is -2.11. The van der Waals surface area contributed by atoms with Crippen molar-refractivity contribution < 1.29 is 0 Å². The van der Waals surface area contributed by atoms with E-state index in [-0.39, 0.29) is 11.2 Å². The van der Waals surface area contributed by atoms with E-state index < -0.39 is 0 Å². The molecule has 1 aromatic heterocycles. The molecule has 0 fully saturated rings. The van der Waals surface area contributed by atoms with Crippen LogP contribution in [0.4, 0.5) is 5.69 Å². The highest BCUT2D eigenvalue weighted by Gasteiger charge is 2.07. The van der Waals surface area contributed by atoms with Crippen LogP contribution in [-0.2, 0) is 20.6 Å². The lowest BCUT2D eigenvalue weighted by Crippen LogP contribution is -2.38. The maximum atomic E-state index is 12.0. The Bertz CT molecular complexity index is 762. The van der Waals surface area contributed by atoms with E-state index in [2.05, 4.69) is 21.2 Å². The van der Waals surface area contributed by atoms with Crippen molar-refractivity contribution >= 4 is 21.6 Å². The minimum atomic E-state index is -0.321. The van der Waals surface area contributed by atoms with Crippen molar-refractivity contribution in [3.05, 3.63) is 60.8 Å². The molecule has 20 heavy (non-hydrogen) atoms. The Kier molecular flexibility index (Phi) is 4.13. The second kappa shape index (κ2) is 5.66. The molecule has 2 rings (SSSR count). The standard InChI is InChI=1S/C14H16BrN3O2/c1-9-6-11(15)4-5-12(9)16-7-10-8-17(2)14(20)18(3)13(10)19/h4-6,8,16H,7H2,1-3H3. The topological polar surface area (TPSA) is 56.0 Å². The lowest BCUT2D eigenvalue weighted by atomic mass is 10.2. The number of aryl methyl sites for hydroxylation is 2. The van der Waals surface area contributed by atoms with Crippen LogP contribution in [0.15, 0.2) is 38.5 Å². The van der Waals surface area contributed by atoms with Gasteiger partial charge in [0.1, 0.15) is 0 Å². The molecule has 0 unspecified atom stereocenters. The summed E-state index contributed by atoms with van der Waals surface area (Å²) in [6.07, 6.45) is 1.58. The van der Waals surface area contributed by atoms with Crippen LogP contribution in [0.1, 0.15) is 11.1 Å². The number of aromatic nitrogens is 2. The van der Waals surface area contributed by atoms with Crippen LogP contribution >= 0.6 is 15.9 Å². The van der Waals surface area contributed by atoms with Crippen LogP contribution in [0.25, 0.3) is 0 Å². The third-order valence-corrected chi connectivity index (χ3v) is 3.67. The third kappa shape index (κ3) is 2.85. The average molecular weight is 338 g/mol. The molecule has 0 aliphatic rings. The van der Waals surface area contributed by atoms with Crippen molar-refractivity contribution in [2.45, 2.75) is 13.5 Å². The summed E-state index contributed by atoms with van der Waals surface area (Å²) in [6.45, 7) is 2.37. The normalized spacial score (nSPS) is 10.6. The van der Waals surface area contributed by atoms with Gasteiger partial charge in [-0.25, -0.2) is 4.79 Å². The molecular formula is C14H16BrN3O2. The monoisotopic (exact) mass is 337 g/mol. The van der Waals surface area contributed by atoms with Crippen LogP contribution in [0.3, 0.4) is 0 Å². The molecule has 0 saturated heterocycles. The van der Waals surface area contributed by atoms with E-state index in [1.54, 1.807) is 13.2 Å². The first-order valence-electron chi connectivity index (χ1n) is 6.15. The minimum absolute atomic E-state index is 0.268. The molecule has 1 N–H and O–H groups in total. The van der Waals surface area contributed by atoms with Crippen LogP contribution in [0.5, 0.6) is 0 Å². The summed E-state index contributed by atoms with van der Waals surface area (Å²) >= 11 is 3.41. The van der Waals surface area contributed by atoms with Gasteiger partial charge in [-0.3, -0.25) is 9.36 Å². The Morgan fingerprint density at radius 3 is 2.60 bits per heavy atom. The molecule has 1 aromatic carbocycles. The Morgan fingerprint density at radius 2 is 1.95 bits per heavy atom. The van der Waals surface area contributed by atoms with Gasteiger partial charge in [0.05, 0.1) is 5.56 Å². The van der Waals surface area contributed by atoms with Gasteiger partial charge in [0, 0.05) is 37.0 Å². The molecule has 0 radical (unpaired) electrons. The molecule has 106 valence electrons. The quantitative estimate of drug-likeness (QED) is 0.928. The summed E-state index contributed by atoms with van der Waals surface area (Å²) in [5, 5.41) is 3.22. The van der Waals surface area contributed by atoms with Crippen molar-refractivity contribution in [2.24, 2.45) is 14.1 Å². The number of rotatable bonds is 3. The average Bonchev–Trinajstić information content (AvgIpc) is 2.40. The van der Waals surface area contributed by atoms with E-state index in [1.165, 1.54) is 11.6 Å². The molecule has 1 heterocycles. The first-order chi connectivity index (χ1) is 9.40. The largest absolute Gasteiger partial charge is 0.380 e. The van der Waals surface area contributed by atoms with Gasteiger partial charge < -0.3 is 9.88 Å². The Labute approximate surface area is 125 Å². The van der Waals surface area contributed by atoms with E-state index in [1.807, 2.05) is 25.1 Å². The molecule has 0 saturated carbocycles. The number of nitrogens with one attached hydrogen (secondary N) is 1. The zero-order chi connectivity index (χ0) is 14.9. The maximum Gasteiger partial charge on any atom is 0.330 e. The van der Waals surface area contributed by atoms with Gasteiger partial charge in [-0.2, -0.15) is 0 Å². The molecular weight excluding hydrogens is 322 g/mol. The van der Waals surface area contributed by atoms with Crippen molar-refractivity contribution in [2.75, 3.05) is 5.32 Å². The molecule has 2 aromatic rings. The first kappa shape index (κ1) is 14.6. The molecule has 0 bridgehead atoms. The van der Waals surface area contributed by atoms with Gasteiger partial charge >= 0.3 is 5.69 Å². The van der Waals surface area contributed by atoms with E-state index in [4.69, 9.17) is 0 Å². The lowest BCUT2D eigenvalue weighted by molar-refractivity contribution is 0.671. The van der Waals surface area contributed by atoms with Crippen molar-refractivity contribution in [3.63, 3.8) is 0 Å². The van der Waals surface area contributed by atoms with Crippen LogP contribution in [0, 0.1) is 6.92 Å². The smallest absolute Gasteiger partial charge is 0.330 e. The van der Waals surface area contributed by atoms with Crippen molar-refractivity contribution in [1.82, 2.24) is 9.13 Å². The van der Waals surface area contributed by atoms with Crippen LogP contribution < -0.4 is 16.6 Å². The van der Waals surface area contributed by atoms with E-state index >= 15 is 0 Å². The van der Waals surface area contributed by atoms with Gasteiger partial charge in [0.2, 0.25) is 0 Å². The van der Waals surface area contributed by atoms with E-state index in [9.17, 15) is 9.59 Å². The SMILES string of the molecule is Cc1cc(Br)ccc1NCc1cn(C)c(=O)n(C)c1=O. The van der Waals surface area contributed by atoms with Crippen LogP contribution in [-0.4, -0.2) is 9.13 Å². The number of hydrogen-bond acceptors (Lipinski definition) is 3. The summed E-state index contributed by atoms with van der Waals surface area (Å²) in [7, 11) is 3.12. The zero-order valence-corrected chi connectivity index (χ0v) is 13.2. The second-order valence-corrected chi connectivity index (χ2v) is 5.64. The predicted octanol–water partition coefficient (Wildman–Crippen LogP) is 1.77. The maximum absolute atomic E-state index is 12.0. The Morgan fingerprint density at radius 1 is 1.25 bits per heavy atom. The number of nitrogens with zero attached hydrogens (tertiary/aromatic N) is 2. The molecule has 0 amide bonds. The molecule has 5 nitrogen and oxygen atoms in total. The third-order valence-electron chi connectivity index (χ3n) is 3.18. The minimum Gasteiger partial charge on any atom is -0.380 e. The summed E-state index contributed by atoms with van der Waals surface area (Å²) in [6, 6.07) is 5.89. The fourth-order valence-electron chi connectivity index (χ4n) is 2.02. The Balaban J connectivity index is 2.28. The number of benzene rings is 1. The predicted molar refractivity (Wildman–Crippen MR) is 83.1 cm³/mol. The van der Waals surface area contributed by atoms with Crippen molar-refractivity contribution in [3.8, 4) is 0 Å². The van der Waals surface area contributed by atoms with E-state index in [0.29, 0.717) is 12.1 Å². The zero-order valence-electron chi connectivity index (χ0n) is 11.6. The number of anilines is 1. The van der Waals surface area contributed by atoms with Gasteiger partial charge in [0.25, 0.3) is 5.56 Å². The number of halogens is 1. The molecule has 0 aliphatic heterocycles. The molecule has 6 heteroatoms. The van der Waals surface area contributed by atoms with Crippen molar-refractivity contribution in [1.29, 1.82) is 0 Å². The molecule has 0 spiro atoms. The summed E-state index contributed by atoms with van der Waals surface area (Å²) in [4.78, 5) is 23.6. The highest BCUT2D eigenvalue weighted by atomic mass is 79.9. The molecule has 0 atom stereocenters. The van der Waals surface area contributed by atoms with Gasteiger partial charge in [0.15, 0.2) is 0 Å². The summed E-state index contributed by atoms with van der Waals surface area (Å²) in [5.41, 5.74) is 2.01. The number of hydrogen-bond donors (Lipinski definition) is 1. The molecule has 0 aliphatic carbocycles. The van der Waals surface area contributed by atoms with Gasteiger partial charge in [-0.1, -0.05) is 15.9 Å². The van der Waals surface area contributed by atoms with Gasteiger partial charge in [-0.05, 0) is 30.7 Å². The summed E-state index contributed by atoms with van der Waals surface area (Å²) < 4.78 is 3.54. The van der Waals surface area contributed by atoms with Gasteiger partial charge in [-0.15, -0.1) is 0 Å². The second-order valence-electron chi connectivity index (χ2n) is 4.72. The van der Waals surface area contributed by atoms with E-state index in [0.717, 1.165) is 20.3 Å². The highest BCUT2D eigenvalue weighted by molar-refractivity contribution is 9.10. The summed E-state index contributed by atoms with van der Waals surface area (Å²) in [5.74, 6) is 0. The fraction of sp³-hybridized carbons (Fsp3) is 0.286. The van der Waals surface area contributed by atoms with Crippen LogP contribution in [0.2, 0.25) is 0 Å². The Hall–Kier alpha value is -1.82. The fourth-order valence-corrected chi connectivity index (χ4v) is 2.50. The highest BCUT2D eigenvalue weighted by Crippen LogP contribution is 2.20. The first-order valence-corrected chi connectivity index (χ1v) is 6.95.